The van der Waals surface area contributed by atoms with Crippen molar-refractivity contribution >= 4 is 17.7 Å². The molecule has 0 radical (unpaired) electrons. The fraction of sp³-hybridized carbons (Fsp3) is 0.125. The first-order valence-corrected chi connectivity index (χ1v) is 11.2. The summed E-state index contributed by atoms with van der Waals surface area (Å²) in [4.78, 5) is 12.5. The second kappa shape index (κ2) is 9.74. The summed E-state index contributed by atoms with van der Waals surface area (Å²) in [5, 5.41) is 12.0. The van der Waals surface area contributed by atoms with Crippen LogP contribution in [-0.4, -0.2) is 33.5 Å². The van der Waals surface area contributed by atoms with Crippen molar-refractivity contribution in [3.63, 3.8) is 0 Å². The van der Waals surface area contributed by atoms with Gasteiger partial charge in [-0.15, -0.1) is 10.2 Å². The molecular weight excluding hydrogens is 430 g/mol. The summed E-state index contributed by atoms with van der Waals surface area (Å²) in [7, 11) is 0. The Kier molecular flexibility index (Phi) is 6.61. The van der Waals surface area contributed by atoms with Crippen LogP contribution in [0.2, 0.25) is 0 Å². The molecular formula is C24H20F2N4OS. The minimum absolute atomic E-state index is 0.214. The smallest absolute Gasteiger partial charge is 0.251 e. The van der Waals surface area contributed by atoms with Crippen LogP contribution < -0.4 is 5.32 Å². The van der Waals surface area contributed by atoms with Crippen molar-refractivity contribution < 1.29 is 13.6 Å². The van der Waals surface area contributed by atoms with Gasteiger partial charge < -0.3 is 5.32 Å². The number of thioether (sulfide) groups is 1. The molecule has 0 bridgehead atoms. The molecule has 0 fully saturated rings. The molecule has 1 N–H and O–H groups in total. The van der Waals surface area contributed by atoms with Gasteiger partial charge >= 0.3 is 0 Å². The number of benzene rings is 3. The van der Waals surface area contributed by atoms with Gasteiger partial charge in [-0.3, -0.25) is 9.36 Å². The number of carbonyl (C=O) groups excluding carboxylic acids is 1. The highest BCUT2D eigenvalue weighted by Gasteiger charge is 2.14. The average Bonchev–Trinajstić information content (AvgIpc) is 3.22. The molecule has 162 valence electrons. The molecule has 1 aromatic heterocycles. The van der Waals surface area contributed by atoms with E-state index in [1.54, 1.807) is 42.5 Å². The van der Waals surface area contributed by atoms with Crippen LogP contribution in [0, 0.1) is 11.6 Å². The van der Waals surface area contributed by atoms with Gasteiger partial charge in [-0.25, -0.2) is 8.78 Å². The molecule has 0 saturated heterocycles. The highest BCUT2D eigenvalue weighted by atomic mass is 32.2. The van der Waals surface area contributed by atoms with E-state index in [4.69, 9.17) is 0 Å². The molecule has 32 heavy (non-hydrogen) atoms. The fourth-order valence-electron chi connectivity index (χ4n) is 3.32. The zero-order chi connectivity index (χ0) is 22.5. The molecule has 5 nitrogen and oxygen atoms in total. The number of nitrogens with one attached hydrogen (secondary N) is 1. The third-order valence-electron chi connectivity index (χ3n) is 4.91. The standard InChI is InChI=1S/C24H20F2N4OS/c1-32-24-29-28-22(30(24)21-11-9-19(25)10-12-21)13-14-27-23(31)17-7-5-16(6-8-17)18-3-2-4-20(26)15-18/h2-12,15H,13-14H2,1H3,(H,27,31). The lowest BCUT2D eigenvalue weighted by Crippen LogP contribution is -2.26. The topological polar surface area (TPSA) is 59.8 Å². The Morgan fingerprint density at radius 2 is 1.69 bits per heavy atom. The molecule has 0 aliphatic carbocycles. The highest BCUT2D eigenvalue weighted by molar-refractivity contribution is 7.98. The number of carbonyl (C=O) groups is 1. The highest BCUT2D eigenvalue weighted by Crippen LogP contribution is 2.22. The van der Waals surface area contributed by atoms with Crippen molar-refractivity contribution in [2.75, 3.05) is 12.8 Å². The number of rotatable bonds is 7. The normalized spacial score (nSPS) is 10.8. The van der Waals surface area contributed by atoms with Crippen molar-refractivity contribution in [1.82, 2.24) is 20.1 Å². The second-order valence-electron chi connectivity index (χ2n) is 7.01. The average molecular weight is 451 g/mol. The van der Waals surface area contributed by atoms with Crippen molar-refractivity contribution in [3.05, 3.63) is 95.8 Å². The summed E-state index contributed by atoms with van der Waals surface area (Å²) in [6.45, 7) is 0.359. The van der Waals surface area contributed by atoms with Crippen molar-refractivity contribution in [1.29, 1.82) is 0 Å². The lowest BCUT2D eigenvalue weighted by atomic mass is 10.0. The van der Waals surface area contributed by atoms with E-state index in [0.717, 1.165) is 16.8 Å². The summed E-state index contributed by atoms with van der Waals surface area (Å²) in [6, 6.07) is 19.4. The van der Waals surface area contributed by atoms with Crippen LogP contribution in [0.25, 0.3) is 16.8 Å². The van der Waals surface area contributed by atoms with Gasteiger partial charge in [0.05, 0.1) is 0 Å². The van der Waals surface area contributed by atoms with Crippen LogP contribution in [0.5, 0.6) is 0 Å². The number of nitrogens with zero attached hydrogens (tertiary/aromatic N) is 3. The Balaban J connectivity index is 1.41. The Morgan fingerprint density at radius 3 is 2.38 bits per heavy atom. The van der Waals surface area contributed by atoms with E-state index in [-0.39, 0.29) is 17.5 Å². The van der Waals surface area contributed by atoms with E-state index in [2.05, 4.69) is 15.5 Å². The number of hydrogen-bond donors (Lipinski definition) is 1. The lowest BCUT2D eigenvalue weighted by Gasteiger charge is -2.10. The first-order chi connectivity index (χ1) is 15.5. The maximum absolute atomic E-state index is 13.4. The first-order valence-electron chi connectivity index (χ1n) is 9.93. The molecule has 0 aliphatic rings. The third kappa shape index (κ3) is 4.86. The molecule has 4 rings (SSSR count). The van der Waals surface area contributed by atoms with Gasteiger partial charge in [0.1, 0.15) is 17.5 Å². The van der Waals surface area contributed by atoms with E-state index >= 15 is 0 Å². The van der Waals surface area contributed by atoms with Crippen LogP contribution in [0.4, 0.5) is 8.78 Å². The molecule has 3 aromatic carbocycles. The van der Waals surface area contributed by atoms with Crippen molar-refractivity contribution in [3.8, 4) is 16.8 Å². The van der Waals surface area contributed by atoms with Crippen LogP contribution in [0.15, 0.2) is 78.0 Å². The quantitative estimate of drug-likeness (QED) is 0.407. The summed E-state index contributed by atoms with van der Waals surface area (Å²) in [5.74, 6) is -0.163. The SMILES string of the molecule is CSc1nnc(CCNC(=O)c2ccc(-c3cccc(F)c3)cc2)n1-c1ccc(F)cc1. The maximum Gasteiger partial charge on any atom is 0.251 e. The molecule has 8 heteroatoms. The Bertz CT molecular complexity index is 1220. The van der Waals surface area contributed by atoms with Gasteiger partial charge in [0.15, 0.2) is 5.16 Å². The van der Waals surface area contributed by atoms with Gasteiger partial charge in [-0.05, 0) is 65.9 Å². The molecule has 1 heterocycles. The lowest BCUT2D eigenvalue weighted by molar-refractivity contribution is 0.0954. The summed E-state index contributed by atoms with van der Waals surface area (Å²) in [6.07, 6.45) is 2.35. The maximum atomic E-state index is 13.4. The zero-order valence-corrected chi connectivity index (χ0v) is 18.1. The number of hydrogen-bond acceptors (Lipinski definition) is 4. The van der Waals surface area contributed by atoms with E-state index < -0.39 is 0 Å². The Labute approximate surface area is 188 Å². The molecule has 0 aliphatic heterocycles. The van der Waals surface area contributed by atoms with Crippen LogP contribution in [-0.2, 0) is 6.42 Å². The van der Waals surface area contributed by atoms with Gasteiger partial charge in [0.2, 0.25) is 0 Å². The number of amides is 1. The zero-order valence-electron chi connectivity index (χ0n) is 17.3. The monoisotopic (exact) mass is 450 g/mol. The summed E-state index contributed by atoms with van der Waals surface area (Å²) >= 11 is 1.44. The van der Waals surface area contributed by atoms with Gasteiger partial charge in [-0.2, -0.15) is 0 Å². The van der Waals surface area contributed by atoms with E-state index in [0.29, 0.717) is 29.5 Å². The van der Waals surface area contributed by atoms with Crippen molar-refractivity contribution in [2.45, 2.75) is 11.6 Å². The Morgan fingerprint density at radius 1 is 0.938 bits per heavy atom. The molecule has 0 spiro atoms. The number of aromatic nitrogens is 3. The summed E-state index contributed by atoms with van der Waals surface area (Å²) in [5.41, 5.74) is 2.85. The van der Waals surface area contributed by atoms with Crippen LogP contribution in [0.1, 0.15) is 16.2 Å². The van der Waals surface area contributed by atoms with Crippen LogP contribution >= 0.6 is 11.8 Å². The molecule has 4 aromatic rings. The third-order valence-corrected chi connectivity index (χ3v) is 5.54. The van der Waals surface area contributed by atoms with E-state index in [1.807, 2.05) is 16.9 Å². The fourth-order valence-corrected chi connectivity index (χ4v) is 3.83. The van der Waals surface area contributed by atoms with E-state index in [9.17, 15) is 13.6 Å². The minimum atomic E-state index is -0.315. The molecule has 0 unspecified atom stereocenters. The summed E-state index contributed by atoms with van der Waals surface area (Å²) < 4.78 is 28.6. The van der Waals surface area contributed by atoms with E-state index in [1.165, 1.54) is 36.0 Å². The minimum Gasteiger partial charge on any atom is -0.352 e. The van der Waals surface area contributed by atoms with Gasteiger partial charge in [-0.1, -0.05) is 36.0 Å². The molecule has 1 amide bonds. The van der Waals surface area contributed by atoms with Gasteiger partial charge in [0.25, 0.3) is 5.91 Å². The first kappa shape index (κ1) is 21.7. The molecule has 0 saturated carbocycles. The largest absolute Gasteiger partial charge is 0.352 e. The predicted octanol–water partition coefficient (Wildman–Crippen LogP) is 4.91. The predicted molar refractivity (Wildman–Crippen MR) is 121 cm³/mol. The Hall–Kier alpha value is -3.52. The van der Waals surface area contributed by atoms with Crippen molar-refractivity contribution in [2.24, 2.45) is 0 Å². The second-order valence-corrected chi connectivity index (χ2v) is 7.78. The van der Waals surface area contributed by atoms with Crippen LogP contribution in [0.3, 0.4) is 0 Å². The molecule has 0 atom stereocenters. The van der Waals surface area contributed by atoms with Gasteiger partial charge in [0, 0.05) is 24.2 Å². The number of halogens is 2.